The Morgan fingerprint density at radius 2 is 2.10 bits per heavy atom. The van der Waals surface area contributed by atoms with Crippen molar-refractivity contribution in [2.75, 3.05) is 0 Å². The first kappa shape index (κ1) is 14.3. The van der Waals surface area contributed by atoms with Crippen molar-refractivity contribution >= 4 is 17.3 Å². The van der Waals surface area contributed by atoms with Gasteiger partial charge in [0, 0.05) is 11.6 Å². The lowest BCUT2D eigenvalue weighted by Crippen LogP contribution is -2.02. The predicted octanol–water partition coefficient (Wildman–Crippen LogP) is 4.27. The maximum absolute atomic E-state index is 13.9. The molecule has 0 unspecified atom stereocenters. The van der Waals surface area contributed by atoms with Gasteiger partial charge in [-0.25, -0.2) is 0 Å². The Morgan fingerprint density at radius 3 is 2.80 bits per heavy atom. The van der Waals surface area contributed by atoms with E-state index < -0.39 is 16.4 Å². The van der Waals surface area contributed by atoms with Crippen molar-refractivity contribution < 1.29 is 14.1 Å². The van der Waals surface area contributed by atoms with E-state index in [-0.39, 0.29) is 12.2 Å². The van der Waals surface area contributed by atoms with E-state index in [0.29, 0.717) is 10.8 Å². The van der Waals surface area contributed by atoms with Gasteiger partial charge in [-0.15, -0.1) is 0 Å². The second kappa shape index (κ2) is 5.88. The molecule has 0 spiro atoms. The van der Waals surface area contributed by atoms with E-state index in [1.165, 1.54) is 12.1 Å². The van der Waals surface area contributed by atoms with Crippen molar-refractivity contribution in [3.05, 3.63) is 68.5 Å². The fraction of sp³-hybridized carbons (Fsp3) is 0.143. The summed E-state index contributed by atoms with van der Waals surface area (Å²) < 4.78 is 19.3. The molecule has 0 atom stereocenters. The Morgan fingerprint density at radius 1 is 1.35 bits per heavy atom. The van der Waals surface area contributed by atoms with Crippen LogP contribution in [-0.2, 0) is 6.61 Å². The highest BCUT2D eigenvalue weighted by molar-refractivity contribution is 6.32. The Bertz CT molecular complexity index is 661. The van der Waals surface area contributed by atoms with Crippen LogP contribution < -0.4 is 4.74 Å². The van der Waals surface area contributed by atoms with Gasteiger partial charge in [0.15, 0.2) is 0 Å². The van der Waals surface area contributed by atoms with Crippen LogP contribution >= 0.6 is 11.6 Å². The molecule has 20 heavy (non-hydrogen) atoms. The summed E-state index contributed by atoms with van der Waals surface area (Å²) >= 11 is 5.96. The van der Waals surface area contributed by atoms with Crippen LogP contribution in [0.1, 0.15) is 11.1 Å². The van der Waals surface area contributed by atoms with Crippen molar-refractivity contribution in [2.45, 2.75) is 13.5 Å². The molecule has 0 bridgehead atoms. The maximum Gasteiger partial charge on any atom is 0.305 e. The number of nitro groups is 1. The molecular weight excluding hydrogens is 285 g/mol. The zero-order valence-corrected chi connectivity index (χ0v) is 11.4. The van der Waals surface area contributed by atoms with Gasteiger partial charge in [0.1, 0.15) is 12.4 Å². The lowest BCUT2D eigenvalue weighted by molar-refractivity contribution is -0.387. The minimum absolute atomic E-state index is 0.108. The van der Waals surface area contributed by atoms with Crippen LogP contribution in [0.3, 0.4) is 0 Å². The molecule has 0 aliphatic rings. The number of benzene rings is 2. The molecule has 2 aromatic carbocycles. The van der Waals surface area contributed by atoms with E-state index in [4.69, 9.17) is 16.3 Å². The van der Waals surface area contributed by atoms with Crippen LogP contribution in [0.25, 0.3) is 0 Å². The number of nitro benzene ring substituents is 1. The molecule has 6 heteroatoms. The van der Waals surface area contributed by atoms with Crippen molar-refractivity contribution in [1.82, 2.24) is 0 Å². The molecule has 0 saturated heterocycles. The van der Waals surface area contributed by atoms with Crippen molar-refractivity contribution in [3.63, 3.8) is 0 Å². The summed E-state index contributed by atoms with van der Waals surface area (Å²) in [4.78, 5) is 9.89. The Kier molecular flexibility index (Phi) is 4.20. The third-order valence-electron chi connectivity index (χ3n) is 2.72. The first-order valence-electron chi connectivity index (χ1n) is 5.80. The summed E-state index contributed by atoms with van der Waals surface area (Å²) in [5.41, 5.74) is 0.488. The monoisotopic (exact) mass is 295 g/mol. The Balaban J connectivity index is 2.21. The Labute approximate surface area is 119 Å². The average molecular weight is 296 g/mol. The summed E-state index contributed by atoms with van der Waals surface area (Å²) in [6, 6.07) is 9.18. The lowest BCUT2D eigenvalue weighted by Gasteiger charge is -2.09. The second-order valence-electron chi connectivity index (χ2n) is 4.23. The van der Waals surface area contributed by atoms with Crippen LogP contribution in [0, 0.1) is 22.9 Å². The van der Waals surface area contributed by atoms with Crippen molar-refractivity contribution in [2.24, 2.45) is 0 Å². The SMILES string of the molecule is Cc1ccc(Cl)c(OCc2cccc([N+](=O)[O-])c2F)c1. The van der Waals surface area contributed by atoms with Crippen molar-refractivity contribution in [3.8, 4) is 5.75 Å². The molecule has 0 heterocycles. The normalized spacial score (nSPS) is 10.3. The van der Waals surface area contributed by atoms with Gasteiger partial charge in [0.2, 0.25) is 5.82 Å². The highest BCUT2D eigenvalue weighted by Gasteiger charge is 2.17. The number of halogens is 2. The molecule has 0 radical (unpaired) electrons. The third kappa shape index (κ3) is 3.05. The molecule has 104 valence electrons. The van der Waals surface area contributed by atoms with E-state index >= 15 is 0 Å². The molecule has 0 aromatic heterocycles. The van der Waals surface area contributed by atoms with Gasteiger partial charge in [-0.1, -0.05) is 29.8 Å². The smallest absolute Gasteiger partial charge is 0.305 e. The topological polar surface area (TPSA) is 52.4 Å². The van der Waals surface area contributed by atoms with Gasteiger partial charge in [-0.3, -0.25) is 10.1 Å². The molecular formula is C14H11ClFNO3. The first-order valence-corrected chi connectivity index (χ1v) is 6.17. The summed E-state index contributed by atoms with van der Waals surface area (Å²) in [6.45, 7) is 1.74. The van der Waals surface area contributed by atoms with Gasteiger partial charge in [-0.05, 0) is 24.6 Å². The highest BCUT2D eigenvalue weighted by atomic mass is 35.5. The van der Waals surface area contributed by atoms with E-state index in [0.717, 1.165) is 11.6 Å². The van der Waals surface area contributed by atoms with Crippen LogP contribution in [0.15, 0.2) is 36.4 Å². The first-order chi connectivity index (χ1) is 9.49. The quantitative estimate of drug-likeness (QED) is 0.625. The van der Waals surface area contributed by atoms with E-state index in [9.17, 15) is 14.5 Å². The summed E-state index contributed by atoms with van der Waals surface area (Å²) in [5.74, 6) is -0.473. The molecule has 0 aliphatic carbocycles. The summed E-state index contributed by atoms with van der Waals surface area (Å²) in [6.07, 6.45) is 0. The fourth-order valence-corrected chi connectivity index (χ4v) is 1.87. The van der Waals surface area contributed by atoms with Gasteiger partial charge < -0.3 is 4.74 Å². The zero-order chi connectivity index (χ0) is 14.7. The highest BCUT2D eigenvalue weighted by Crippen LogP contribution is 2.27. The standard InChI is InChI=1S/C14H11ClFNO3/c1-9-5-6-11(15)13(7-9)20-8-10-3-2-4-12(14(10)16)17(18)19/h2-7H,8H2,1H3. The largest absolute Gasteiger partial charge is 0.487 e. The molecule has 2 aromatic rings. The van der Waals surface area contributed by atoms with E-state index in [2.05, 4.69) is 0 Å². The average Bonchev–Trinajstić information content (AvgIpc) is 2.41. The maximum atomic E-state index is 13.9. The number of nitrogens with zero attached hydrogens (tertiary/aromatic N) is 1. The molecule has 0 N–H and O–H groups in total. The van der Waals surface area contributed by atoms with Gasteiger partial charge >= 0.3 is 5.69 Å². The van der Waals surface area contributed by atoms with Crippen LogP contribution in [0.5, 0.6) is 5.75 Å². The summed E-state index contributed by atoms with van der Waals surface area (Å²) in [7, 11) is 0. The molecule has 2 rings (SSSR count). The summed E-state index contributed by atoms with van der Waals surface area (Å²) in [5, 5.41) is 11.1. The van der Waals surface area contributed by atoms with Gasteiger partial charge in [-0.2, -0.15) is 4.39 Å². The fourth-order valence-electron chi connectivity index (χ4n) is 1.70. The minimum atomic E-state index is -0.888. The molecule has 4 nitrogen and oxygen atoms in total. The molecule has 0 fully saturated rings. The molecule has 0 amide bonds. The molecule has 0 saturated carbocycles. The van der Waals surface area contributed by atoms with Crippen LogP contribution in [-0.4, -0.2) is 4.92 Å². The number of hydrogen-bond donors (Lipinski definition) is 0. The predicted molar refractivity (Wildman–Crippen MR) is 73.6 cm³/mol. The minimum Gasteiger partial charge on any atom is -0.487 e. The van der Waals surface area contributed by atoms with Crippen LogP contribution in [0.2, 0.25) is 5.02 Å². The van der Waals surface area contributed by atoms with Gasteiger partial charge in [0.05, 0.1) is 9.95 Å². The van der Waals surface area contributed by atoms with E-state index in [1.54, 1.807) is 12.1 Å². The number of rotatable bonds is 4. The second-order valence-corrected chi connectivity index (χ2v) is 4.64. The molecule has 0 aliphatic heterocycles. The Hall–Kier alpha value is -2.14. The zero-order valence-electron chi connectivity index (χ0n) is 10.6. The van der Waals surface area contributed by atoms with Crippen LogP contribution in [0.4, 0.5) is 10.1 Å². The van der Waals surface area contributed by atoms with E-state index in [1.807, 2.05) is 13.0 Å². The van der Waals surface area contributed by atoms with Crippen molar-refractivity contribution in [1.29, 1.82) is 0 Å². The van der Waals surface area contributed by atoms with Gasteiger partial charge in [0.25, 0.3) is 0 Å². The third-order valence-corrected chi connectivity index (χ3v) is 3.04. The number of aryl methyl sites for hydroxylation is 1. The number of ether oxygens (including phenoxy) is 1. The lowest BCUT2D eigenvalue weighted by atomic mass is 10.2. The number of hydrogen-bond acceptors (Lipinski definition) is 3.